The molecule has 8 heteroatoms. The van der Waals surface area contributed by atoms with Crippen molar-refractivity contribution in [3.63, 3.8) is 0 Å². The first kappa shape index (κ1) is 18.5. The van der Waals surface area contributed by atoms with Crippen LogP contribution in [0.15, 0.2) is 69.0 Å². The Morgan fingerprint density at radius 2 is 1.65 bits per heavy atom. The molecule has 5 nitrogen and oxygen atoms in total. The molecule has 0 aliphatic heterocycles. The summed E-state index contributed by atoms with van der Waals surface area (Å²) in [5, 5.41) is 2.90. The zero-order valence-corrected chi connectivity index (χ0v) is 15.8. The lowest BCUT2D eigenvalue weighted by Gasteiger charge is -2.05. The fraction of sp³-hybridized carbons (Fsp3) is 0.0556. The Bertz CT molecular complexity index is 1070. The normalized spacial score (nSPS) is 11.3. The van der Waals surface area contributed by atoms with Crippen molar-refractivity contribution >= 4 is 44.6 Å². The first-order valence-electron chi connectivity index (χ1n) is 7.45. The van der Waals surface area contributed by atoms with Crippen LogP contribution in [0.5, 0.6) is 0 Å². The van der Waals surface area contributed by atoms with Gasteiger partial charge in [0.15, 0.2) is 5.76 Å². The number of aryl methyl sites for hydroxylation is 1. The SMILES string of the molecule is Cc1ccc(S(=O)(=O)c2ccc(C(=O)Nc3ccc(Cl)c(Cl)c3)o2)cc1. The molecule has 26 heavy (non-hydrogen) atoms. The highest BCUT2D eigenvalue weighted by Crippen LogP contribution is 2.26. The minimum atomic E-state index is -3.84. The fourth-order valence-electron chi connectivity index (χ4n) is 2.19. The average molecular weight is 410 g/mol. The molecule has 0 fully saturated rings. The number of rotatable bonds is 4. The summed E-state index contributed by atoms with van der Waals surface area (Å²) in [7, 11) is -3.84. The second-order valence-electron chi connectivity index (χ2n) is 5.52. The smallest absolute Gasteiger partial charge is 0.291 e. The van der Waals surface area contributed by atoms with Crippen molar-refractivity contribution in [1.82, 2.24) is 0 Å². The largest absolute Gasteiger partial charge is 0.439 e. The lowest BCUT2D eigenvalue weighted by atomic mass is 10.2. The van der Waals surface area contributed by atoms with Crippen LogP contribution in [0.2, 0.25) is 10.0 Å². The van der Waals surface area contributed by atoms with Gasteiger partial charge in [0.1, 0.15) is 0 Å². The van der Waals surface area contributed by atoms with Crippen LogP contribution in [0.25, 0.3) is 0 Å². The molecular formula is C18H13Cl2NO4S. The number of anilines is 1. The summed E-state index contributed by atoms with van der Waals surface area (Å²) in [6, 6.07) is 13.5. The molecule has 0 aliphatic carbocycles. The van der Waals surface area contributed by atoms with Crippen molar-refractivity contribution in [3.05, 3.63) is 76.0 Å². The van der Waals surface area contributed by atoms with Crippen molar-refractivity contribution in [3.8, 4) is 0 Å². The molecule has 1 aromatic heterocycles. The van der Waals surface area contributed by atoms with E-state index in [1.54, 1.807) is 18.2 Å². The monoisotopic (exact) mass is 409 g/mol. The Kier molecular flexibility index (Phi) is 5.09. The lowest BCUT2D eigenvalue weighted by Crippen LogP contribution is -2.11. The number of furan rings is 1. The van der Waals surface area contributed by atoms with E-state index in [2.05, 4.69) is 5.32 Å². The summed E-state index contributed by atoms with van der Waals surface area (Å²) in [6.45, 7) is 1.86. The zero-order chi connectivity index (χ0) is 18.9. The average Bonchev–Trinajstić information content (AvgIpc) is 3.10. The minimum absolute atomic E-state index is 0.0916. The van der Waals surface area contributed by atoms with Gasteiger partial charge in [0.25, 0.3) is 5.91 Å². The van der Waals surface area contributed by atoms with Crippen LogP contribution in [-0.4, -0.2) is 14.3 Å². The highest BCUT2D eigenvalue weighted by molar-refractivity contribution is 7.91. The van der Waals surface area contributed by atoms with Gasteiger partial charge in [-0.15, -0.1) is 0 Å². The van der Waals surface area contributed by atoms with Gasteiger partial charge in [0.2, 0.25) is 14.9 Å². The van der Waals surface area contributed by atoms with Crippen LogP contribution < -0.4 is 5.32 Å². The number of halogens is 2. The van der Waals surface area contributed by atoms with Crippen molar-refractivity contribution in [2.45, 2.75) is 16.9 Å². The lowest BCUT2D eigenvalue weighted by molar-refractivity contribution is 0.0991. The zero-order valence-electron chi connectivity index (χ0n) is 13.5. The van der Waals surface area contributed by atoms with E-state index in [0.717, 1.165) is 5.56 Å². The maximum atomic E-state index is 12.6. The number of amides is 1. The molecule has 0 atom stereocenters. The molecule has 134 valence electrons. The van der Waals surface area contributed by atoms with Gasteiger partial charge in [-0.3, -0.25) is 4.79 Å². The number of hydrogen-bond acceptors (Lipinski definition) is 4. The quantitative estimate of drug-likeness (QED) is 0.658. The number of hydrogen-bond donors (Lipinski definition) is 1. The molecule has 0 saturated heterocycles. The molecule has 0 radical (unpaired) electrons. The summed E-state index contributed by atoms with van der Waals surface area (Å²) in [6.07, 6.45) is 0. The molecule has 0 aliphatic rings. The molecule has 0 bridgehead atoms. The molecule has 1 amide bonds. The topological polar surface area (TPSA) is 76.4 Å². The summed E-state index contributed by atoms with van der Waals surface area (Å²) >= 11 is 11.7. The van der Waals surface area contributed by atoms with Crippen LogP contribution in [0.4, 0.5) is 5.69 Å². The van der Waals surface area contributed by atoms with Crippen molar-refractivity contribution in [1.29, 1.82) is 0 Å². The van der Waals surface area contributed by atoms with Crippen molar-refractivity contribution in [2.75, 3.05) is 5.32 Å². The second-order valence-corrected chi connectivity index (χ2v) is 8.21. The Hall–Kier alpha value is -2.28. The van der Waals surface area contributed by atoms with E-state index in [1.165, 1.54) is 36.4 Å². The van der Waals surface area contributed by atoms with E-state index >= 15 is 0 Å². The van der Waals surface area contributed by atoms with Gasteiger partial charge < -0.3 is 9.73 Å². The molecule has 0 spiro atoms. The van der Waals surface area contributed by atoms with E-state index < -0.39 is 15.7 Å². The fourth-order valence-corrected chi connectivity index (χ4v) is 3.66. The number of sulfone groups is 1. The van der Waals surface area contributed by atoms with Crippen LogP contribution >= 0.6 is 23.2 Å². The van der Waals surface area contributed by atoms with Gasteiger partial charge >= 0.3 is 0 Å². The summed E-state index contributed by atoms with van der Waals surface area (Å²) in [5.74, 6) is -0.740. The van der Waals surface area contributed by atoms with E-state index in [0.29, 0.717) is 10.7 Å². The number of carbonyl (C=O) groups excluding carboxylic acids is 1. The molecule has 0 unspecified atom stereocenters. The van der Waals surface area contributed by atoms with Crippen LogP contribution in [0.1, 0.15) is 16.1 Å². The van der Waals surface area contributed by atoms with Crippen LogP contribution in [-0.2, 0) is 9.84 Å². The molecule has 1 heterocycles. The molecule has 0 saturated carbocycles. The Morgan fingerprint density at radius 1 is 0.962 bits per heavy atom. The Labute approximate surface area is 160 Å². The van der Waals surface area contributed by atoms with Gasteiger partial charge in [0, 0.05) is 5.69 Å². The summed E-state index contributed by atoms with van der Waals surface area (Å²) in [4.78, 5) is 12.3. The molecular weight excluding hydrogens is 397 g/mol. The van der Waals surface area contributed by atoms with Gasteiger partial charge in [-0.2, -0.15) is 0 Å². The number of benzene rings is 2. The van der Waals surface area contributed by atoms with Gasteiger partial charge in [-0.25, -0.2) is 8.42 Å². The number of nitrogens with one attached hydrogen (secondary N) is 1. The maximum Gasteiger partial charge on any atom is 0.291 e. The summed E-state index contributed by atoms with van der Waals surface area (Å²) < 4.78 is 30.4. The Morgan fingerprint density at radius 3 is 2.31 bits per heavy atom. The Balaban J connectivity index is 1.83. The van der Waals surface area contributed by atoms with Crippen molar-refractivity contribution in [2.24, 2.45) is 0 Å². The van der Waals surface area contributed by atoms with E-state index in [9.17, 15) is 13.2 Å². The predicted octanol–water partition coefficient (Wildman–Crippen LogP) is 4.98. The molecule has 3 rings (SSSR count). The van der Waals surface area contributed by atoms with E-state index in [-0.39, 0.29) is 20.8 Å². The van der Waals surface area contributed by atoms with Crippen LogP contribution in [0, 0.1) is 6.92 Å². The molecule has 2 aromatic carbocycles. The highest BCUT2D eigenvalue weighted by atomic mass is 35.5. The predicted molar refractivity (Wildman–Crippen MR) is 99.8 cm³/mol. The first-order chi connectivity index (χ1) is 12.3. The third-order valence-electron chi connectivity index (χ3n) is 3.58. The number of carbonyl (C=O) groups is 1. The maximum absolute atomic E-state index is 12.6. The third kappa shape index (κ3) is 3.77. The molecule has 3 aromatic rings. The third-order valence-corrected chi connectivity index (χ3v) is 5.96. The van der Waals surface area contributed by atoms with Crippen LogP contribution in [0.3, 0.4) is 0 Å². The highest BCUT2D eigenvalue weighted by Gasteiger charge is 2.23. The molecule has 1 N–H and O–H groups in total. The van der Waals surface area contributed by atoms with Gasteiger partial charge in [0.05, 0.1) is 14.9 Å². The van der Waals surface area contributed by atoms with Gasteiger partial charge in [-0.1, -0.05) is 40.9 Å². The minimum Gasteiger partial charge on any atom is -0.439 e. The second kappa shape index (κ2) is 7.15. The van der Waals surface area contributed by atoms with Gasteiger partial charge in [-0.05, 0) is 49.4 Å². The van der Waals surface area contributed by atoms with E-state index in [1.807, 2.05) is 6.92 Å². The summed E-state index contributed by atoms with van der Waals surface area (Å²) in [5.41, 5.74) is 1.34. The first-order valence-corrected chi connectivity index (χ1v) is 9.69. The van der Waals surface area contributed by atoms with Crippen molar-refractivity contribution < 1.29 is 17.6 Å². The van der Waals surface area contributed by atoms with E-state index in [4.69, 9.17) is 27.6 Å². The standard InChI is InChI=1S/C18H13Cl2NO4S/c1-11-2-5-13(6-3-11)26(23,24)17-9-8-16(25-17)18(22)21-12-4-7-14(19)15(20)10-12/h2-10H,1H3,(H,21,22).